The van der Waals surface area contributed by atoms with Crippen molar-refractivity contribution in [3.05, 3.63) is 205 Å². The molecular formula is C44H32N16O8. The summed E-state index contributed by atoms with van der Waals surface area (Å²) < 4.78 is 0. The first-order valence-corrected chi connectivity index (χ1v) is 20.1. The second kappa shape index (κ2) is 18.3. The third-order valence-electron chi connectivity index (χ3n) is 9.75. The van der Waals surface area contributed by atoms with Crippen molar-refractivity contribution < 1.29 is 0 Å². The van der Waals surface area contributed by atoms with Gasteiger partial charge in [0.25, 0.3) is 22.2 Å². The number of aromatic amines is 12. The Bertz CT molecular complexity index is 3680. The summed E-state index contributed by atoms with van der Waals surface area (Å²) in [6.45, 7) is 0. The standard InChI is InChI=1S/4C11H8N4O2/c4*16-10-7-9(14-11(17)15-10)13-8(12-7)6-4-2-1-3-5-6/h4*1-5H,(H3,12,13,14,15,16,17). The van der Waals surface area contributed by atoms with Crippen molar-refractivity contribution in [3.63, 3.8) is 0 Å². The summed E-state index contributed by atoms with van der Waals surface area (Å²) in [6, 6.07) is 37.4. The van der Waals surface area contributed by atoms with E-state index in [1.165, 1.54) is 0 Å². The molecule has 0 aliphatic heterocycles. The number of hydrogen-bond donors (Lipinski definition) is 12. The van der Waals surface area contributed by atoms with Crippen LogP contribution in [0, 0.1) is 0 Å². The Morgan fingerprint density at radius 3 is 0.618 bits per heavy atom. The molecule has 24 nitrogen and oxygen atoms in total. The van der Waals surface area contributed by atoms with Gasteiger partial charge in [-0.2, -0.15) is 0 Å². The van der Waals surface area contributed by atoms with Gasteiger partial charge in [0.2, 0.25) is 0 Å². The van der Waals surface area contributed by atoms with Crippen LogP contribution in [0.15, 0.2) is 160 Å². The van der Waals surface area contributed by atoms with Gasteiger partial charge in [0.1, 0.15) is 45.4 Å². The van der Waals surface area contributed by atoms with Gasteiger partial charge >= 0.3 is 22.8 Å². The van der Waals surface area contributed by atoms with E-state index in [1.54, 1.807) is 0 Å². The van der Waals surface area contributed by atoms with E-state index in [0.29, 0.717) is 23.3 Å². The van der Waals surface area contributed by atoms with Gasteiger partial charge in [-0.25, -0.2) is 39.1 Å². The zero-order valence-corrected chi connectivity index (χ0v) is 34.6. The van der Waals surface area contributed by atoms with Crippen molar-refractivity contribution in [2.75, 3.05) is 0 Å². The SMILES string of the molecule is O=c1[nH]c(=O)c2[nH]c(-c3ccccc3)nc2[nH]1.O=c1[nH]c(=O)c2[nH]c(-c3ccccc3)nc2[nH]1.O=c1[nH]c(=O)c2[nH]c(-c3ccccc3)nc2[nH]1.O=c1[nH]c(=O)c2[nH]c(-c3ccccc3)nc2[nH]1. The number of aromatic nitrogens is 16. The smallest absolute Gasteiger partial charge is 0.327 e. The van der Waals surface area contributed by atoms with E-state index in [9.17, 15) is 38.4 Å². The molecule has 0 spiro atoms. The molecule has 336 valence electrons. The van der Waals surface area contributed by atoms with Crippen molar-refractivity contribution in [3.8, 4) is 45.6 Å². The molecule has 0 atom stereocenters. The summed E-state index contributed by atoms with van der Waals surface area (Å²) in [5, 5.41) is 0. The molecule has 12 rings (SSSR count). The molecular weight excluding hydrogens is 881 g/mol. The van der Waals surface area contributed by atoms with Gasteiger partial charge in [-0.1, -0.05) is 121 Å². The van der Waals surface area contributed by atoms with Gasteiger partial charge in [-0.15, -0.1) is 0 Å². The number of nitrogens with one attached hydrogen (secondary N) is 12. The highest BCUT2D eigenvalue weighted by Crippen LogP contribution is 2.19. The zero-order valence-electron chi connectivity index (χ0n) is 34.6. The fraction of sp³-hybridized carbons (Fsp3) is 0. The minimum atomic E-state index is -0.561. The Kier molecular flexibility index (Phi) is 11.5. The van der Waals surface area contributed by atoms with Gasteiger partial charge in [0.05, 0.1) is 0 Å². The van der Waals surface area contributed by atoms with Crippen molar-refractivity contribution in [1.29, 1.82) is 0 Å². The molecule has 4 aromatic carbocycles. The molecule has 0 saturated heterocycles. The molecule has 12 aromatic rings. The molecule has 0 aliphatic carbocycles. The summed E-state index contributed by atoms with van der Waals surface area (Å²) in [4.78, 5) is 137. The van der Waals surface area contributed by atoms with E-state index in [0.717, 1.165) is 22.3 Å². The molecule has 12 N–H and O–H groups in total. The molecule has 0 fully saturated rings. The van der Waals surface area contributed by atoms with Crippen LogP contribution in [-0.2, 0) is 0 Å². The van der Waals surface area contributed by atoms with E-state index in [2.05, 4.69) is 79.7 Å². The van der Waals surface area contributed by atoms with Crippen LogP contribution in [0.3, 0.4) is 0 Å². The highest BCUT2D eigenvalue weighted by molar-refractivity contribution is 5.77. The summed E-state index contributed by atoms with van der Waals surface area (Å²) in [5.41, 5.74) is 1.38. The zero-order chi connectivity index (χ0) is 47.3. The molecule has 68 heavy (non-hydrogen) atoms. The van der Waals surface area contributed by atoms with E-state index in [1.807, 2.05) is 121 Å². The molecule has 0 bridgehead atoms. The van der Waals surface area contributed by atoms with Crippen molar-refractivity contribution >= 4 is 44.7 Å². The normalized spacial score (nSPS) is 10.8. The van der Waals surface area contributed by atoms with Crippen LogP contribution < -0.4 is 45.0 Å². The van der Waals surface area contributed by atoms with Crippen LogP contribution in [-0.4, -0.2) is 79.7 Å². The quantitative estimate of drug-likeness (QED) is 0.121. The second-order valence-electron chi connectivity index (χ2n) is 14.3. The van der Waals surface area contributed by atoms with Crippen molar-refractivity contribution in [1.82, 2.24) is 79.7 Å². The summed E-state index contributed by atoms with van der Waals surface area (Å²) in [5.74, 6) is 2.20. The minimum absolute atomic E-state index is 0.262. The Labute approximate surface area is 373 Å². The number of nitrogens with zero attached hydrogens (tertiary/aromatic N) is 4. The first kappa shape index (κ1) is 42.8. The number of rotatable bonds is 4. The summed E-state index contributed by atoms with van der Waals surface area (Å²) in [6.07, 6.45) is 0. The monoisotopic (exact) mass is 912 g/mol. The first-order chi connectivity index (χ1) is 32.9. The predicted octanol–water partition coefficient (Wildman–Crippen LogP) is 2.43. The van der Waals surface area contributed by atoms with Gasteiger partial charge < -0.3 is 19.9 Å². The number of benzene rings is 4. The molecule has 0 radical (unpaired) electrons. The number of fused-ring (bicyclic) bond motifs is 4. The molecule has 0 amide bonds. The Hall–Kier alpha value is -10.5. The maximum atomic E-state index is 11.5. The van der Waals surface area contributed by atoms with Crippen LogP contribution in [0.5, 0.6) is 0 Å². The van der Waals surface area contributed by atoms with Crippen molar-refractivity contribution in [2.24, 2.45) is 0 Å². The van der Waals surface area contributed by atoms with Crippen LogP contribution in [0.25, 0.3) is 90.2 Å². The van der Waals surface area contributed by atoms with E-state index >= 15 is 0 Å². The molecule has 24 heteroatoms. The van der Waals surface area contributed by atoms with Gasteiger partial charge in [-0.3, -0.25) is 59.0 Å². The summed E-state index contributed by atoms with van der Waals surface area (Å²) in [7, 11) is 0. The maximum absolute atomic E-state index is 11.5. The molecule has 8 heterocycles. The highest BCUT2D eigenvalue weighted by Gasteiger charge is 2.12. The van der Waals surface area contributed by atoms with Crippen LogP contribution in [0.1, 0.15) is 0 Å². The average molecular weight is 913 g/mol. The summed E-state index contributed by atoms with van der Waals surface area (Å²) >= 11 is 0. The number of imidazole rings is 4. The van der Waals surface area contributed by atoms with Crippen LogP contribution in [0.2, 0.25) is 0 Å². The minimum Gasteiger partial charge on any atom is -0.332 e. The lowest BCUT2D eigenvalue weighted by atomic mass is 10.2. The lowest BCUT2D eigenvalue weighted by molar-refractivity contribution is 1.07. The van der Waals surface area contributed by atoms with E-state index < -0.39 is 45.0 Å². The Morgan fingerprint density at radius 1 is 0.235 bits per heavy atom. The van der Waals surface area contributed by atoms with E-state index in [-0.39, 0.29) is 44.7 Å². The van der Waals surface area contributed by atoms with Crippen LogP contribution in [0.4, 0.5) is 0 Å². The Morgan fingerprint density at radius 2 is 0.426 bits per heavy atom. The van der Waals surface area contributed by atoms with Gasteiger partial charge in [0, 0.05) is 22.3 Å². The third-order valence-corrected chi connectivity index (χ3v) is 9.75. The first-order valence-electron chi connectivity index (χ1n) is 20.1. The molecule has 0 aliphatic rings. The number of hydrogen-bond acceptors (Lipinski definition) is 12. The largest absolute Gasteiger partial charge is 0.332 e. The predicted molar refractivity (Wildman–Crippen MR) is 251 cm³/mol. The van der Waals surface area contributed by atoms with Crippen LogP contribution >= 0.6 is 0 Å². The molecule has 0 saturated carbocycles. The fourth-order valence-electron chi connectivity index (χ4n) is 6.66. The molecule has 0 unspecified atom stereocenters. The second-order valence-corrected chi connectivity index (χ2v) is 14.3. The Balaban J connectivity index is 0.000000113. The highest BCUT2D eigenvalue weighted by atomic mass is 16.2. The van der Waals surface area contributed by atoms with Crippen molar-refractivity contribution in [2.45, 2.75) is 0 Å². The molecule has 8 aromatic heterocycles. The lowest BCUT2D eigenvalue weighted by Gasteiger charge is -1.92. The number of H-pyrrole nitrogens is 12. The van der Waals surface area contributed by atoms with Gasteiger partial charge in [0.15, 0.2) is 22.6 Å². The van der Waals surface area contributed by atoms with Gasteiger partial charge in [-0.05, 0) is 0 Å². The maximum Gasteiger partial charge on any atom is 0.327 e. The average Bonchev–Trinajstić information content (AvgIpc) is 4.17. The topological polar surface area (TPSA) is 378 Å². The third kappa shape index (κ3) is 9.24. The van der Waals surface area contributed by atoms with E-state index in [4.69, 9.17) is 0 Å². The fourth-order valence-corrected chi connectivity index (χ4v) is 6.66. The lowest BCUT2D eigenvalue weighted by Crippen LogP contribution is -2.21.